The number of rotatable bonds is 5. The van der Waals surface area contributed by atoms with Gasteiger partial charge in [0.25, 0.3) is 0 Å². The topological polar surface area (TPSA) is 84.9 Å². The number of nitrogens with one attached hydrogen (secondary N) is 1. The molecular formula is C17H23NO5. The number of carboxylic acid groups (broad SMARTS) is 1. The first-order valence-corrected chi connectivity index (χ1v) is 7.82. The van der Waals surface area contributed by atoms with E-state index in [1.165, 1.54) is 14.0 Å². The van der Waals surface area contributed by atoms with Gasteiger partial charge in [-0.25, -0.2) is 9.59 Å². The molecule has 1 aliphatic rings. The van der Waals surface area contributed by atoms with E-state index >= 15 is 0 Å². The van der Waals surface area contributed by atoms with Crippen LogP contribution in [0.2, 0.25) is 0 Å². The van der Waals surface area contributed by atoms with Crippen LogP contribution >= 0.6 is 0 Å². The molecule has 0 aliphatic heterocycles. The third-order valence-electron chi connectivity index (χ3n) is 4.27. The minimum atomic E-state index is -1.56. The van der Waals surface area contributed by atoms with Crippen molar-refractivity contribution in [1.82, 2.24) is 5.32 Å². The lowest BCUT2D eigenvalue weighted by molar-refractivity contribution is -0.144. The SMILES string of the molecule is COc1ccc(C(C)(NC(=O)OC2CCCCC2)C(=O)O)cc1. The van der Waals surface area contributed by atoms with E-state index in [0.717, 1.165) is 32.1 Å². The zero-order valence-electron chi connectivity index (χ0n) is 13.5. The summed E-state index contributed by atoms with van der Waals surface area (Å²) in [5.41, 5.74) is -1.11. The molecule has 0 saturated heterocycles. The molecule has 23 heavy (non-hydrogen) atoms. The molecule has 0 radical (unpaired) electrons. The molecule has 1 aromatic rings. The fourth-order valence-corrected chi connectivity index (χ4v) is 2.74. The van der Waals surface area contributed by atoms with E-state index in [1.54, 1.807) is 24.3 Å². The summed E-state index contributed by atoms with van der Waals surface area (Å²) in [6.07, 6.45) is 4.06. The fraction of sp³-hybridized carbons (Fsp3) is 0.529. The Bertz CT molecular complexity index is 551. The molecule has 1 aromatic carbocycles. The summed E-state index contributed by atoms with van der Waals surface area (Å²) >= 11 is 0. The van der Waals surface area contributed by atoms with Gasteiger partial charge in [0.05, 0.1) is 7.11 Å². The third-order valence-corrected chi connectivity index (χ3v) is 4.27. The van der Waals surface area contributed by atoms with Crippen LogP contribution in [0.5, 0.6) is 5.75 Å². The molecule has 1 unspecified atom stereocenters. The Morgan fingerprint density at radius 2 is 1.78 bits per heavy atom. The van der Waals surface area contributed by atoms with Crippen molar-refractivity contribution in [2.24, 2.45) is 0 Å². The maximum absolute atomic E-state index is 12.1. The standard InChI is InChI=1S/C17H23NO5/c1-17(15(19)20,12-8-10-13(22-2)11-9-12)18-16(21)23-14-6-4-3-5-7-14/h8-11,14H,3-7H2,1-2H3,(H,18,21)(H,19,20). The number of hydrogen-bond acceptors (Lipinski definition) is 4. The van der Waals surface area contributed by atoms with Crippen LogP contribution in [0.15, 0.2) is 24.3 Å². The van der Waals surface area contributed by atoms with Gasteiger partial charge in [0.2, 0.25) is 0 Å². The van der Waals surface area contributed by atoms with E-state index in [0.29, 0.717) is 11.3 Å². The number of aliphatic carboxylic acids is 1. The van der Waals surface area contributed by atoms with Crippen LogP contribution in [0.25, 0.3) is 0 Å². The molecule has 1 saturated carbocycles. The number of amides is 1. The molecule has 1 atom stereocenters. The van der Waals surface area contributed by atoms with Gasteiger partial charge in [-0.3, -0.25) is 0 Å². The van der Waals surface area contributed by atoms with Crippen LogP contribution in [0.4, 0.5) is 4.79 Å². The second-order valence-corrected chi connectivity index (χ2v) is 5.95. The first-order valence-electron chi connectivity index (χ1n) is 7.82. The monoisotopic (exact) mass is 321 g/mol. The molecule has 0 heterocycles. The summed E-state index contributed by atoms with van der Waals surface area (Å²) in [5.74, 6) is -0.533. The van der Waals surface area contributed by atoms with Gasteiger partial charge in [-0.15, -0.1) is 0 Å². The molecule has 0 spiro atoms. The van der Waals surface area contributed by atoms with Crippen LogP contribution < -0.4 is 10.1 Å². The Labute approximate surface area is 135 Å². The first-order chi connectivity index (χ1) is 11.0. The number of carboxylic acids is 1. The number of alkyl carbamates (subject to hydrolysis) is 1. The first kappa shape index (κ1) is 17.1. The largest absolute Gasteiger partial charge is 0.497 e. The summed E-state index contributed by atoms with van der Waals surface area (Å²) in [6.45, 7) is 1.44. The third kappa shape index (κ3) is 4.15. The highest BCUT2D eigenvalue weighted by Crippen LogP contribution is 2.25. The Morgan fingerprint density at radius 3 is 2.30 bits per heavy atom. The van der Waals surface area contributed by atoms with Crippen molar-refractivity contribution < 1.29 is 24.2 Å². The van der Waals surface area contributed by atoms with Crippen LogP contribution in [-0.2, 0) is 15.1 Å². The van der Waals surface area contributed by atoms with Crippen molar-refractivity contribution in [2.45, 2.75) is 50.7 Å². The van der Waals surface area contributed by atoms with Crippen LogP contribution in [-0.4, -0.2) is 30.4 Å². The smallest absolute Gasteiger partial charge is 0.408 e. The summed E-state index contributed by atoms with van der Waals surface area (Å²) in [6, 6.07) is 6.55. The highest BCUT2D eigenvalue weighted by atomic mass is 16.6. The molecule has 126 valence electrons. The molecule has 0 aromatic heterocycles. The molecule has 1 amide bonds. The minimum absolute atomic E-state index is 0.127. The quantitative estimate of drug-likeness (QED) is 0.870. The van der Waals surface area contributed by atoms with Crippen molar-refractivity contribution in [2.75, 3.05) is 7.11 Å². The van der Waals surface area contributed by atoms with Crippen molar-refractivity contribution in [3.63, 3.8) is 0 Å². The van der Waals surface area contributed by atoms with Gasteiger partial charge in [0, 0.05) is 0 Å². The van der Waals surface area contributed by atoms with Gasteiger partial charge in [0.15, 0.2) is 5.54 Å². The average molecular weight is 321 g/mol. The molecule has 2 rings (SSSR count). The predicted octanol–water partition coefficient (Wildman–Crippen LogP) is 3.05. The van der Waals surface area contributed by atoms with Gasteiger partial charge in [-0.2, -0.15) is 0 Å². The fourth-order valence-electron chi connectivity index (χ4n) is 2.74. The van der Waals surface area contributed by atoms with Crippen LogP contribution in [0, 0.1) is 0 Å². The summed E-state index contributed by atoms with van der Waals surface area (Å²) in [5, 5.41) is 12.1. The number of hydrogen-bond donors (Lipinski definition) is 2. The van der Waals surface area contributed by atoms with Gasteiger partial charge >= 0.3 is 12.1 Å². The maximum atomic E-state index is 12.1. The molecule has 1 fully saturated rings. The number of benzene rings is 1. The Kier molecular flexibility index (Phi) is 5.47. The van der Waals surface area contributed by atoms with Gasteiger partial charge in [-0.05, 0) is 50.3 Å². The lowest BCUT2D eigenvalue weighted by Crippen LogP contribution is -2.50. The molecule has 6 heteroatoms. The average Bonchev–Trinajstić information content (AvgIpc) is 2.55. The maximum Gasteiger partial charge on any atom is 0.408 e. The Morgan fingerprint density at radius 1 is 1.17 bits per heavy atom. The van der Waals surface area contributed by atoms with Gasteiger partial charge < -0.3 is 19.9 Å². The van der Waals surface area contributed by atoms with E-state index in [-0.39, 0.29) is 6.10 Å². The Hall–Kier alpha value is -2.24. The zero-order valence-corrected chi connectivity index (χ0v) is 13.5. The molecule has 0 bridgehead atoms. The number of carbonyl (C=O) groups is 2. The minimum Gasteiger partial charge on any atom is -0.497 e. The second-order valence-electron chi connectivity index (χ2n) is 5.95. The summed E-state index contributed by atoms with van der Waals surface area (Å²) < 4.78 is 10.4. The van der Waals surface area contributed by atoms with E-state index in [4.69, 9.17) is 9.47 Å². The molecule has 6 nitrogen and oxygen atoms in total. The number of ether oxygens (including phenoxy) is 2. The number of methoxy groups -OCH3 is 1. The lowest BCUT2D eigenvalue weighted by atomic mass is 9.92. The molecule has 2 N–H and O–H groups in total. The summed E-state index contributed by atoms with van der Waals surface area (Å²) in [4.78, 5) is 23.8. The molecular weight excluding hydrogens is 298 g/mol. The van der Waals surface area contributed by atoms with E-state index < -0.39 is 17.6 Å². The predicted molar refractivity (Wildman–Crippen MR) is 84.5 cm³/mol. The highest BCUT2D eigenvalue weighted by Gasteiger charge is 2.38. The van der Waals surface area contributed by atoms with Crippen LogP contribution in [0.3, 0.4) is 0 Å². The van der Waals surface area contributed by atoms with Crippen molar-refractivity contribution in [3.8, 4) is 5.75 Å². The highest BCUT2D eigenvalue weighted by molar-refractivity contribution is 5.85. The van der Waals surface area contributed by atoms with E-state index in [2.05, 4.69) is 5.32 Å². The Balaban J connectivity index is 2.09. The second kappa shape index (κ2) is 7.35. The number of carbonyl (C=O) groups excluding carboxylic acids is 1. The van der Waals surface area contributed by atoms with Gasteiger partial charge in [-0.1, -0.05) is 18.6 Å². The normalized spacial score (nSPS) is 17.8. The van der Waals surface area contributed by atoms with Crippen molar-refractivity contribution in [3.05, 3.63) is 29.8 Å². The zero-order chi connectivity index (χ0) is 16.9. The molecule has 1 aliphatic carbocycles. The van der Waals surface area contributed by atoms with E-state index in [1.807, 2.05) is 0 Å². The summed E-state index contributed by atoms with van der Waals surface area (Å²) in [7, 11) is 1.53. The van der Waals surface area contributed by atoms with Gasteiger partial charge in [0.1, 0.15) is 11.9 Å². The van der Waals surface area contributed by atoms with Crippen LogP contribution in [0.1, 0.15) is 44.6 Å². The lowest BCUT2D eigenvalue weighted by Gasteiger charge is -2.28. The van der Waals surface area contributed by atoms with Crippen molar-refractivity contribution >= 4 is 12.1 Å². The van der Waals surface area contributed by atoms with E-state index in [9.17, 15) is 14.7 Å². The van der Waals surface area contributed by atoms with Crippen molar-refractivity contribution in [1.29, 1.82) is 0 Å².